The zero-order valence-corrected chi connectivity index (χ0v) is 12.0. The molecule has 1 aliphatic rings. The highest BCUT2D eigenvalue weighted by atomic mass is 16.1. The molecule has 106 valence electrons. The van der Waals surface area contributed by atoms with Gasteiger partial charge in [0.2, 0.25) is 5.91 Å². The molecule has 0 atom stereocenters. The Balaban J connectivity index is 1.81. The maximum atomic E-state index is 11.5. The van der Waals surface area contributed by atoms with E-state index in [0.717, 1.165) is 30.5 Å². The lowest BCUT2D eigenvalue weighted by molar-refractivity contribution is -0.121. The van der Waals surface area contributed by atoms with Crippen molar-refractivity contribution >= 4 is 11.7 Å². The molecule has 5 heteroatoms. The van der Waals surface area contributed by atoms with E-state index >= 15 is 0 Å². The van der Waals surface area contributed by atoms with Gasteiger partial charge in [0.1, 0.15) is 11.9 Å². The maximum Gasteiger partial charge on any atom is 0.220 e. The molecule has 1 aromatic rings. The van der Waals surface area contributed by atoms with Crippen LogP contribution in [-0.4, -0.2) is 23.5 Å². The lowest BCUT2D eigenvalue weighted by Crippen LogP contribution is -2.25. The molecule has 1 heterocycles. The predicted molar refractivity (Wildman–Crippen MR) is 77.3 cm³/mol. The van der Waals surface area contributed by atoms with Crippen LogP contribution in [0.4, 0.5) is 5.82 Å². The molecule has 5 nitrogen and oxygen atoms in total. The second-order valence-electron chi connectivity index (χ2n) is 5.29. The zero-order chi connectivity index (χ0) is 14.5. The Hall–Kier alpha value is -2.09. The maximum absolute atomic E-state index is 11.5. The van der Waals surface area contributed by atoms with Crippen molar-refractivity contribution < 1.29 is 4.79 Å². The number of rotatable bonds is 6. The third kappa shape index (κ3) is 3.95. The minimum atomic E-state index is 0.114. The smallest absolute Gasteiger partial charge is 0.220 e. The van der Waals surface area contributed by atoms with E-state index in [0.29, 0.717) is 30.4 Å². The van der Waals surface area contributed by atoms with Crippen LogP contribution in [-0.2, 0) is 4.79 Å². The van der Waals surface area contributed by atoms with Gasteiger partial charge in [0, 0.05) is 24.7 Å². The van der Waals surface area contributed by atoms with E-state index in [1.165, 1.54) is 0 Å². The number of hydrogen-bond acceptors (Lipinski definition) is 4. The molecule has 0 radical (unpaired) electrons. The van der Waals surface area contributed by atoms with Crippen LogP contribution in [0, 0.1) is 25.2 Å². The molecule has 2 rings (SSSR count). The van der Waals surface area contributed by atoms with Crippen LogP contribution in [0.3, 0.4) is 0 Å². The molecule has 0 aliphatic heterocycles. The standard InChI is InChI=1S/C15H20N4O/c1-10-8-11(2)18-15(13(10)9-16)17-7-3-4-14(20)19-12-5-6-12/h8,12H,3-7H2,1-2H3,(H,17,18)(H,19,20). The summed E-state index contributed by atoms with van der Waals surface area (Å²) in [5.74, 6) is 0.732. The second-order valence-corrected chi connectivity index (χ2v) is 5.29. The third-order valence-corrected chi connectivity index (χ3v) is 3.27. The number of pyridine rings is 1. The first-order valence-electron chi connectivity index (χ1n) is 7.01. The molecule has 0 spiro atoms. The van der Waals surface area contributed by atoms with Gasteiger partial charge in [-0.05, 0) is 44.7 Å². The molecule has 2 N–H and O–H groups in total. The highest BCUT2D eigenvalue weighted by Gasteiger charge is 2.22. The SMILES string of the molecule is Cc1cc(C)c(C#N)c(NCCCC(=O)NC2CC2)n1. The number of carbonyl (C=O) groups excluding carboxylic acids is 1. The summed E-state index contributed by atoms with van der Waals surface area (Å²) in [5, 5.41) is 15.3. The van der Waals surface area contributed by atoms with Crippen LogP contribution in [0.25, 0.3) is 0 Å². The van der Waals surface area contributed by atoms with Crippen molar-refractivity contribution in [3.63, 3.8) is 0 Å². The Morgan fingerprint density at radius 1 is 1.50 bits per heavy atom. The topological polar surface area (TPSA) is 77.8 Å². The Morgan fingerprint density at radius 2 is 2.25 bits per heavy atom. The monoisotopic (exact) mass is 272 g/mol. The molecule has 1 saturated carbocycles. The average Bonchev–Trinajstić information content (AvgIpc) is 3.18. The lowest BCUT2D eigenvalue weighted by Gasteiger charge is -2.10. The van der Waals surface area contributed by atoms with Crippen LogP contribution in [0.5, 0.6) is 0 Å². The van der Waals surface area contributed by atoms with Gasteiger partial charge in [-0.1, -0.05) is 0 Å². The minimum Gasteiger partial charge on any atom is -0.369 e. The van der Waals surface area contributed by atoms with E-state index in [9.17, 15) is 4.79 Å². The summed E-state index contributed by atoms with van der Waals surface area (Å²) < 4.78 is 0. The summed E-state index contributed by atoms with van der Waals surface area (Å²) in [6, 6.07) is 4.48. The van der Waals surface area contributed by atoms with Crippen LogP contribution < -0.4 is 10.6 Å². The number of hydrogen-bond donors (Lipinski definition) is 2. The number of aromatic nitrogens is 1. The van der Waals surface area contributed by atoms with Gasteiger partial charge in [0.05, 0.1) is 5.56 Å². The first-order chi connectivity index (χ1) is 9.60. The molecule has 0 bridgehead atoms. The number of nitrogens with one attached hydrogen (secondary N) is 2. The number of anilines is 1. The average molecular weight is 272 g/mol. The Bertz CT molecular complexity index is 544. The summed E-state index contributed by atoms with van der Waals surface area (Å²) in [6.07, 6.45) is 3.47. The zero-order valence-electron chi connectivity index (χ0n) is 12.0. The fraction of sp³-hybridized carbons (Fsp3) is 0.533. The first kappa shape index (κ1) is 14.3. The molecule has 0 aromatic carbocycles. The number of carbonyl (C=O) groups is 1. The van der Waals surface area contributed by atoms with Gasteiger partial charge in [-0.3, -0.25) is 4.79 Å². The Labute approximate surface area is 119 Å². The van der Waals surface area contributed by atoms with Crippen molar-refractivity contribution in [2.45, 2.75) is 45.6 Å². The Morgan fingerprint density at radius 3 is 2.90 bits per heavy atom. The molecule has 20 heavy (non-hydrogen) atoms. The molecule has 0 saturated heterocycles. The summed E-state index contributed by atoms with van der Waals surface area (Å²) in [4.78, 5) is 15.9. The minimum absolute atomic E-state index is 0.114. The molecule has 1 fully saturated rings. The lowest BCUT2D eigenvalue weighted by atomic mass is 10.1. The fourth-order valence-corrected chi connectivity index (χ4v) is 2.09. The largest absolute Gasteiger partial charge is 0.369 e. The summed E-state index contributed by atoms with van der Waals surface area (Å²) in [5.41, 5.74) is 2.39. The van der Waals surface area contributed by atoms with Crippen LogP contribution >= 0.6 is 0 Å². The molecular formula is C15H20N4O. The normalized spacial score (nSPS) is 13.7. The highest BCUT2D eigenvalue weighted by Crippen LogP contribution is 2.19. The predicted octanol–water partition coefficient (Wildman–Crippen LogP) is 2.04. The van der Waals surface area contributed by atoms with Gasteiger partial charge in [-0.15, -0.1) is 0 Å². The van der Waals surface area contributed by atoms with Crippen molar-refractivity contribution in [2.75, 3.05) is 11.9 Å². The van der Waals surface area contributed by atoms with Crippen molar-refractivity contribution in [2.24, 2.45) is 0 Å². The first-order valence-corrected chi connectivity index (χ1v) is 7.01. The van der Waals surface area contributed by atoms with E-state index in [1.807, 2.05) is 19.9 Å². The van der Waals surface area contributed by atoms with Crippen LogP contribution in [0.15, 0.2) is 6.07 Å². The quantitative estimate of drug-likeness (QED) is 0.777. The Kier molecular flexibility index (Phi) is 4.57. The number of amides is 1. The number of aryl methyl sites for hydroxylation is 2. The molecular weight excluding hydrogens is 252 g/mol. The number of nitriles is 1. The highest BCUT2D eigenvalue weighted by molar-refractivity contribution is 5.76. The van der Waals surface area contributed by atoms with Gasteiger partial charge in [-0.2, -0.15) is 5.26 Å². The van der Waals surface area contributed by atoms with Gasteiger partial charge < -0.3 is 10.6 Å². The fourth-order valence-electron chi connectivity index (χ4n) is 2.09. The van der Waals surface area contributed by atoms with Crippen molar-refractivity contribution in [3.05, 3.63) is 22.9 Å². The summed E-state index contributed by atoms with van der Waals surface area (Å²) in [7, 11) is 0. The van der Waals surface area contributed by atoms with E-state index in [2.05, 4.69) is 21.7 Å². The van der Waals surface area contributed by atoms with E-state index in [4.69, 9.17) is 5.26 Å². The molecule has 1 amide bonds. The molecule has 1 aromatic heterocycles. The molecule has 1 aliphatic carbocycles. The molecule has 0 unspecified atom stereocenters. The van der Waals surface area contributed by atoms with Gasteiger partial charge >= 0.3 is 0 Å². The summed E-state index contributed by atoms with van der Waals surface area (Å²) >= 11 is 0. The van der Waals surface area contributed by atoms with Crippen LogP contribution in [0.1, 0.15) is 42.5 Å². The number of nitrogens with zero attached hydrogens (tertiary/aromatic N) is 2. The third-order valence-electron chi connectivity index (χ3n) is 3.27. The van der Waals surface area contributed by atoms with Gasteiger partial charge in [0.15, 0.2) is 0 Å². The van der Waals surface area contributed by atoms with Crippen molar-refractivity contribution in [1.29, 1.82) is 5.26 Å². The summed E-state index contributed by atoms with van der Waals surface area (Å²) in [6.45, 7) is 4.45. The van der Waals surface area contributed by atoms with Crippen molar-refractivity contribution in [1.82, 2.24) is 10.3 Å². The van der Waals surface area contributed by atoms with Crippen molar-refractivity contribution in [3.8, 4) is 6.07 Å². The van der Waals surface area contributed by atoms with Crippen LogP contribution in [0.2, 0.25) is 0 Å². The second kappa shape index (κ2) is 6.38. The van der Waals surface area contributed by atoms with Gasteiger partial charge in [0.25, 0.3) is 0 Å². The van der Waals surface area contributed by atoms with Gasteiger partial charge in [-0.25, -0.2) is 4.98 Å². The van der Waals surface area contributed by atoms with E-state index in [-0.39, 0.29) is 5.91 Å². The van der Waals surface area contributed by atoms with E-state index < -0.39 is 0 Å². The van der Waals surface area contributed by atoms with E-state index in [1.54, 1.807) is 0 Å².